The van der Waals surface area contributed by atoms with Crippen LogP contribution in [0.1, 0.15) is 45.9 Å². The van der Waals surface area contributed by atoms with E-state index in [1.165, 1.54) is 0 Å². The lowest BCUT2D eigenvalue weighted by Crippen LogP contribution is -2.21. The molecule has 2 amide bonds. The van der Waals surface area contributed by atoms with Crippen LogP contribution in [0.5, 0.6) is 0 Å². The van der Waals surface area contributed by atoms with Crippen molar-refractivity contribution in [1.29, 1.82) is 0 Å². The Morgan fingerprint density at radius 1 is 1.00 bits per heavy atom. The van der Waals surface area contributed by atoms with Gasteiger partial charge in [-0.2, -0.15) is 0 Å². The SMILES string of the molecule is CCOC(=O)c1c(NC(=O)COC(=O)CC)sc(C(=O)Nc2ccccc2)c1C. The number of hydrogen-bond donors (Lipinski definition) is 2. The molecule has 2 aromatic rings. The molecule has 154 valence electrons. The van der Waals surface area contributed by atoms with E-state index < -0.39 is 30.4 Å². The second-order valence-corrected chi connectivity index (χ2v) is 6.88. The zero-order valence-electron chi connectivity index (χ0n) is 16.4. The van der Waals surface area contributed by atoms with E-state index in [4.69, 9.17) is 9.47 Å². The van der Waals surface area contributed by atoms with Crippen LogP contribution >= 0.6 is 11.3 Å². The molecule has 0 fully saturated rings. The predicted octanol–water partition coefficient (Wildman–Crippen LogP) is 3.38. The standard InChI is InChI=1S/C20H22N2O6S/c1-4-15(24)28-11-14(23)22-19-16(20(26)27-5-2)12(3)17(29-19)18(25)21-13-9-7-6-8-10-13/h6-10H,4-5,11H2,1-3H3,(H,21,25)(H,22,23). The molecule has 0 saturated heterocycles. The summed E-state index contributed by atoms with van der Waals surface area (Å²) in [6.07, 6.45) is 0.142. The van der Waals surface area contributed by atoms with Crippen molar-refractivity contribution in [2.75, 3.05) is 23.8 Å². The van der Waals surface area contributed by atoms with E-state index >= 15 is 0 Å². The Balaban J connectivity index is 2.28. The maximum atomic E-state index is 12.7. The highest BCUT2D eigenvalue weighted by Gasteiger charge is 2.27. The number of para-hydroxylation sites is 1. The van der Waals surface area contributed by atoms with E-state index in [2.05, 4.69) is 10.6 Å². The molecule has 0 bridgehead atoms. The number of esters is 2. The van der Waals surface area contributed by atoms with Crippen LogP contribution in [0.3, 0.4) is 0 Å². The van der Waals surface area contributed by atoms with Crippen LogP contribution in [-0.4, -0.2) is 37.0 Å². The maximum Gasteiger partial charge on any atom is 0.341 e. The third-order valence-electron chi connectivity index (χ3n) is 3.77. The van der Waals surface area contributed by atoms with Crippen molar-refractivity contribution in [2.45, 2.75) is 27.2 Å². The first kappa shape index (κ1) is 22.1. The highest BCUT2D eigenvalue weighted by Crippen LogP contribution is 2.34. The summed E-state index contributed by atoms with van der Waals surface area (Å²) in [6, 6.07) is 8.86. The molecule has 1 aromatic carbocycles. The van der Waals surface area contributed by atoms with Crippen molar-refractivity contribution in [1.82, 2.24) is 0 Å². The van der Waals surface area contributed by atoms with Crippen LogP contribution in [0.2, 0.25) is 0 Å². The number of carbonyl (C=O) groups is 4. The Kier molecular flexibility index (Phi) is 7.90. The molecule has 0 saturated carbocycles. The summed E-state index contributed by atoms with van der Waals surface area (Å²) in [5.74, 6) is -2.20. The monoisotopic (exact) mass is 418 g/mol. The molecule has 1 aromatic heterocycles. The number of nitrogens with one attached hydrogen (secondary N) is 2. The molecule has 9 heteroatoms. The Bertz CT molecular complexity index is 907. The number of hydrogen-bond acceptors (Lipinski definition) is 7. The molecule has 29 heavy (non-hydrogen) atoms. The Hall–Kier alpha value is -3.20. The van der Waals surface area contributed by atoms with Crippen molar-refractivity contribution in [3.8, 4) is 0 Å². The van der Waals surface area contributed by atoms with Gasteiger partial charge >= 0.3 is 11.9 Å². The van der Waals surface area contributed by atoms with Gasteiger partial charge in [-0.15, -0.1) is 11.3 Å². The summed E-state index contributed by atoms with van der Waals surface area (Å²) < 4.78 is 9.85. The van der Waals surface area contributed by atoms with E-state index in [1.54, 1.807) is 45.0 Å². The molecule has 0 spiro atoms. The van der Waals surface area contributed by atoms with Gasteiger partial charge in [-0.05, 0) is 31.5 Å². The topological polar surface area (TPSA) is 111 Å². The smallest absolute Gasteiger partial charge is 0.341 e. The minimum Gasteiger partial charge on any atom is -0.462 e. The van der Waals surface area contributed by atoms with Gasteiger partial charge < -0.3 is 20.1 Å². The molecular formula is C20H22N2O6S. The number of anilines is 2. The second-order valence-electron chi connectivity index (χ2n) is 5.86. The molecule has 0 atom stereocenters. The van der Waals surface area contributed by atoms with Crippen molar-refractivity contribution in [2.24, 2.45) is 0 Å². The van der Waals surface area contributed by atoms with Crippen molar-refractivity contribution < 1.29 is 28.7 Å². The van der Waals surface area contributed by atoms with Gasteiger partial charge in [0, 0.05) is 12.1 Å². The fourth-order valence-electron chi connectivity index (χ4n) is 2.39. The molecule has 0 aliphatic heterocycles. The zero-order chi connectivity index (χ0) is 21.4. The van der Waals surface area contributed by atoms with Gasteiger partial charge in [0.05, 0.1) is 17.0 Å². The van der Waals surface area contributed by atoms with Crippen LogP contribution in [0.25, 0.3) is 0 Å². The maximum absolute atomic E-state index is 12.7. The summed E-state index contributed by atoms with van der Waals surface area (Å²) in [6.45, 7) is 4.53. The Labute approximate surface area is 172 Å². The summed E-state index contributed by atoms with van der Waals surface area (Å²) in [5, 5.41) is 5.44. The molecule has 0 aliphatic rings. The molecular weight excluding hydrogens is 396 g/mol. The number of amides is 2. The summed E-state index contributed by atoms with van der Waals surface area (Å²) in [5.41, 5.74) is 1.09. The summed E-state index contributed by atoms with van der Waals surface area (Å²) >= 11 is 0.951. The average Bonchev–Trinajstić information content (AvgIpc) is 3.03. The molecule has 0 unspecified atom stereocenters. The highest BCUT2D eigenvalue weighted by molar-refractivity contribution is 7.18. The first-order valence-electron chi connectivity index (χ1n) is 8.99. The van der Waals surface area contributed by atoms with Crippen LogP contribution < -0.4 is 10.6 Å². The first-order chi connectivity index (χ1) is 13.9. The zero-order valence-corrected chi connectivity index (χ0v) is 17.2. The number of thiophene rings is 1. The Morgan fingerprint density at radius 2 is 1.69 bits per heavy atom. The lowest BCUT2D eigenvalue weighted by atomic mass is 10.1. The molecule has 2 N–H and O–H groups in total. The van der Waals surface area contributed by atoms with Gasteiger partial charge in [-0.1, -0.05) is 25.1 Å². The predicted molar refractivity (Wildman–Crippen MR) is 109 cm³/mol. The highest BCUT2D eigenvalue weighted by atomic mass is 32.1. The lowest BCUT2D eigenvalue weighted by Gasteiger charge is -2.07. The van der Waals surface area contributed by atoms with Gasteiger partial charge in [0.15, 0.2) is 6.61 Å². The first-order valence-corrected chi connectivity index (χ1v) is 9.81. The number of benzene rings is 1. The number of rotatable bonds is 8. The van der Waals surface area contributed by atoms with Gasteiger partial charge in [-0.25, -0.2) is 4.79 Å². The fraction of sp³-hybridized carbons (Fsp3) is 0.300. The van der Waals surface area contributed by atoms with Crippen molar-refractivity contribution in [3.63, 3.8) is 0 Å². The number of ether oxygens (including phenoxy) is 2. The largest absolute Gasteiger partial charge is 0.462 e. The third-order valence-corrected chi connectivity index (χ3v) is 4.98. The number of carbonyl (C=O) groups excluding carboxylic acids is 4. The average molecular weight is 418 g/mol. The molecule has 0 radical (unpaired) electrons. The van der Waals surface area contributed by atoms with Gasteiger partial charge in [-0.3, -0.25) is 14.4 Å². The van der Waals surface area contributed by atoms with Crippen LogP contribution in [0, 0.1) is 6.92 Å². The van der Waals surface area contributed by atoms with E-state index in [9.17, 15) is 19.2 Å². The quantitative estimate of drug-likeness (QED) is 0.636. The Morgan fingerprint density at radius 3 is 2.31 bits per heavy atom. The lowest BCUT2D eigenvalue weighted by molar-refractivity contribution is -0.146. The third kappa shape index (κ3) is 5.89. The van der Waals surface area contributed by atoms with E-state index in [0.717, 1.165) is 11.3 Å². The molecule has 8 nitrogen and oxygen atoms in total. The fourth-order valence-corrected chi connectivity index (χ4v) is 3.49. The summed E-state index contributed by atoms with van der Waals surface area (Å²) in [7, 11) is 0. The molecule has 2 rings (SSSR count). The van der Waals surface area contributed by atoms with Gasteiger partial charge in [0.25, 0.3) is 11.8 Å². The minimum absolute atomic E-state index is 0.102. The second kappa shape index (κ2) is 10.4. The van der Waals surface area contributed by atoms with E-state index in [-0.39, 0.29) is 28.5 Å². The van der Waals surface area contributed by atoms with Crippen LogP contribution in [0.15, 0.2) is 30.3 Å². The van der Waals surface area contributed by atoms with Crippen molar-refractivity contribution >= 4 is 45.8 Å². The van der Waals surface area contributed by atoms with E-state index in [0.29, 0.717) is 11.3 Å². The van der Waals surface area contributed by atoms with Crippen molar-refractivity contribution in [3.05, 3.63) is 46.3 Å². The summed E-state index contributed by atoms with van der Waals surface area (Å²) in [4.78, 5) is 48.7. The van der Waals surface area contributed by atoms with Crippen LogP contribution in [0.4, 0.5) is 10.7 Å². The minimum atomic E-state index is -0.652. The van der Waals surface area contributed by atoms with Crippen LogP contribution in [-0.2, 0) is 19.1 Å². The molecule has 1 heterocycles. The molecule has 0 aliphatic carbocycles. The van der Waals surface area contributed by atoms with E-state index in [1.807, 2.05) is 6.07 Å². The van der Waals surface area contributed by atoms with Gasteiger partial charge in [0.2, 0.25) is 0 Å². The normalized spacial score (nSPS) is 10.2. The van der Waals surface area contributed by atoms with Gasteiger partial charge in [0.1, 0.15) is 5.00 Å².